The predicted octanol–water partition coefficient (Wildman–Crippen LogP) is 4.97. The van der Waals surface area contributed by atoms with Gasteiger partial charge in [0.2, 0.25) is 0 Å². The molecule has 0 unspecified atom stereocenters. The molecule has 0 radical (unpaired) electrons. The van der Waals surface area contributed by atoms with Gasteiger partial charge in [0.15, 0.2) is 0 Å². The molecule has 0 nitrogen and oxygen atoms in total. The molecule has 0 aliphatic rings. The molecule has 0 spiro atoms. The molecule has 0 aromatic heterocycles. The van der Waals surface area contributed by atoms with Crippen LogP contribution in [0.3, 0.4) is 0 Å². The largest absolute Gasteiger partial charge is 0.147 e. The van der Waals surface area contributed by atoms with Crippen molar-refractivity contribution >= 4 is 58.8 Å². The second-order valence-corrected chi connectivity index (χ2v) is 3.32. The van der Waals surface area contributed by atoms with E-state index in [0.29, 0.717) is 0 Å². The standard InChI is InChI=1S/C13H9.3ClH.Ti/c1-3-7-12-10(5-1)9-11-6-2-4-8-13(11)12;;;;/h1-9H;3*1H;/q-1;;;;. The molecule has 0 N–H and O–H groups in total. The minimum absolute atomic E-state index is 0. The summed E-state index contributed by atoms with van der Waals surface area (Å²) in [4.78, 5) is 0. The van der Waals surface area contributed by atoms with Crippen molar-refractivity contribution in [2.75, 3.05) is 0 Å². The van der Waals surface area contributed by atoms with E-state index in [-0.39, 0.29) is 58.9 Å². The molecule has 3 aromatic rings. The molecule has 3 aromatic carbocycles. The number of rotatable bonds is 0. The number of fused-ring (bicyclic) bond motifs is 3. The van der Waals surface area contributed by atoms with Gasteiger partial charge in [0.1, 0.15) is 0 Å². The molecule has 0 aliphatic heterocycles. The summed E-state index contributed by atoms with van der Waals surface area (Å²) in [7, 11) is 0. The summed E-state index contributed by atoms with van der Waals surface area (Å²) in [5, 5.41) is 5.39. The Morgan fingerprint density at radius 2 is 0.941 bits per heavy atom. The van der Waals surface area contributed by atoms with Crippen LogP contribution in [0.5, 0.6) is 0 Å². The van der Waals surface area contributed by atoms with Crippen molar-refractivity contribution in [2.45, 2.75) is 0 Å². The topological polar surface area (TPSA) is 0 Å². The van der Waals surface area contributed by atoms with Crippen molar-refractivity contribution in [3.63, 3.8) is 0 Å². The van der Waals surface area contributed by atoms with Gasteiger partial charge in [-0.15, -0.1) is 77.0 Å². The van der Waals surface area contributed by atoms with Gasteiger partial charge < -0.3 is 0 Å². The second kappa shape index (κ2) is 8.08. The van der Waals surface area contributed by atoms with Crippen molar-refractivity contribution in [1.82, 2.24) is 0 Å². The van der Waals surface area contributed by atoms with Crippen LogP contribution in [0.25, 0.3) is 21.5 Å². The van der Waals surface area contributed by atoms with Gasteiger partial charge in [-0.3, -0.25) is 0 Å². The monoisotopic (exact) mass is 321 g/mol. The third kappa shape index (κ3) is 3.43. The molecule has 0 aliphatic carbocycles. The summed E-state index contributed by atoms with van der Waals surface area (Å²) >= 11 is 0. The summed E-state index contributed by atoms with van der Waals surface area (Å²) < 4.78 is 0. The zero-order chi connectivity index (χ0) is 8.67. The van der Waals surface area contributed by atoms with E-state index in [1.54, 1.807) is 0 Å². The van der Waals surface area contributed by atoms with Gasteiger partial charge in [0.05, 0.1) is 0 Å². The summed E-state index contributed by atoms with van der Waals surface area (Å²) in [5.74, 6) is 0. The molecule has 0 saturated heterocycles. The van der Waals surface area contributed by atoms with Crippen LogP contribution < -0.4 is 0 Å². The van der Waals surface area contributed by atoms with Crippen LogP contribution >= 0.6 is 37.2 Å². The van der Waals surface area contributed by atoms with Crippen LogP contribution in [0.4, 0.5) is 0 Å². The maximum absolute atomic E-state index is 2.24. The van der Waals surface area contributed by atoms with Crippen LogP contribution in [-0.2, 0) is 21.7 Å². The first-order chi connectivity index (χ1) is 6.45. The smallest absolute Gasteiger partial charge is 0 e. The summed E-state index contributed by atoms with van der Waals surface area (Å²) in [6.07, 6.45) is 0. The van der Waals surface area contributed by atoms with Crippen molar-refractivity contribution in [3.05, 3.63) is 54.6 Å². The van der Waals surface area contributed by atoms with E-state index in [9.17, 15) is 0 Å². The fourth-order valence-electron chi connectivity index (χ4n) is 1.90. The normalized spacial score (nSPS) is 8.47. The van der Waals surface area contributed by atoms with Gasteiger partial charge in [-0.2, -0.15) is 0 Å². The molecule has 90 valence electrons. The first-order valence-electron chi connectivity index (χ1n) is 4.48. The van der Waals surface area contributed by atoms with Crippen LogP contribution in [0.2, 0.25) is 0 Å². The number of benzene rings is 2. The zero-order valence-electron chi connectivity index (χ0n) is 8.92. The number of hydrogen-bond acceptors (Lipinski definition) is 0. The van der Waals surface area contributed by atoms with Crippen molar-refractivity contribution in [3.8, 4) is 0 Å². The van der Waals surface area contributed by atoms with Gasteiger partial charge in [0.25, 0.3) is 0 Å². The molecule has 3 rings (SSSR count). The van der Waals surface area contributed by atoms with Gasteiger partial charge in [0, 0.05) is 21.7 Å². The second-order valence-electron chi connectivity index (χ2n) is 3.32. The Bertz CT molecular complexity index is 524. The molecular formula is C13H12Cl3Ti-. The molecule has 4 heteroatoms. The molecule has 0 amide bonds. The Hall–Kier alpha value is -0.106. The molecule has 0 saturated carbocycles. The van der Waals surface area contributed by atoms with E-state index in [1.807, 2.05) is 0 Å². The van der Waals surface area contributed by atoms with Crippen LogP contribution in [0.1, 0.15) is 0 Å². The maximum Gasteiger partial charge on any atom is 0 e. The summed E-state index contributed by atoms with van der Waals surface area (Å²) in [5.41, 5.74) is 0. The third-order valence-electron chi connectivity index (χ3n) is 2.52. The summed E-state index contributed by atoms with van der Waals surface area (Å²) in [6, 6.07) is 19.3. The zero-order valence-corrected chi connectivity index (χ0v) is 12.9. The molecule has 0 fully saturated rings. The van der Waals surface area contributed by atoms with E-state index in [1.165, 1.54) is 21.5 Å². The van der Waals surface area contributed by atoms with Gasteiger partial charge in [-0.05, 0) is 0 Å². The molecule has 17 heavy (non-hydrogen) atoms. The Balaban J connectivity index is 0. The van der Waals surface area contributed by atoms with Gasteiger partial charge >= 0.3 is 0 Å². The Morgan fingerprint density at radius 3 is 1.35 bits per heavy atom. The number of halogens is 3. The van der Waals surface area contributed by atoms with Crippen LogP contribution in [0, 0.1) is 0 Å². The quantitative estimate of drug-likeness (QED) is 0.405. The van der Waals surface area contributed by atoms with E-state index in [0.717, 1.165) is 0 Å². The third-order valence-corrected chi connectivity index (χ3v) is 2.52. The minimum Gasteiger partial charge on any atom is -0.147 e. The first kappa shape index (κ1) is 19.2. The molecule has 0 bridgehead atoms. The maximum atomic E-state index is 2.24. The SMILES string of the molecule is Cl.Cl.Cl.[Ti].c1ccc2c(c1)[cH-]c1ccccc12. The fraction of sp³-hybridized carbons (Fsp3) is 0. The van der Waals surface area contributed by atoms with E-state index < -0.39 is 0 Å². The van der Waals surface area contributed by atoms with E-state index in [4.69, 9.17) is 0 Å². The van der Waals surface area contributed by atoms with Gasteiger partial charge in [-0.25, -0.2) is 0 Å². The molecule has 0 heterocycles. The van der Waals surface area contributed by atoms with Crippen LogP contribution in [0.15, 0.2) is 54.6 Å². The average Bonchev–Trinajstić information content (AvgIpc) is 2.56. The Kier molecular flexibility index (Phi) is 9.14. The van der Waals surface area contributed by atoms with Crippen molar-refractivity contribution in [1.29, 1.82) is 0 Å². The minimum atomic E-state index is 0. The average molecular weight is 322 g/mol. The summed E-state index contributed by atoms with van der Waals surface area (Å²) in [6.45, 7) is 0. The molecular weight excluding hydrogens is 310 g/mol. The Morgan fingerprint density at radius 1 is 0.588 bits per heavy atom. The molecule has 0 atom stereocenters. The van der Waals surface area contributed by atoms with Gasteiger partial charge in [-0.1, -0.05) is 36.4 Å². The first-order valence-corrected chi connectivity index (χ1v) is 4.48. The number of hydrogen-bond donors (Lipinski definition) is 0. The van der Waals surface area contributed by atoms with Crippen molar-refractivity contribution in [2.24, 2.45) is 0 Å². The predicted molar refractivity (Wildman–Crippen MR) is 78.8 cm³/mol. The van der Waals surface area contributed by atoms with E-state index in [2.05, 4.69) is 54.6 Å². The Labute approximate surface area is 134 Å². The van der Waals surface area contributed by atoms with E-state index >= 15 is 0 Å². The van der Waals surface area contributed by atoms with Crippen LogP contribution in [-0.4, -0.2) is 0 Å². The fourth-order valence-corrected chi connectivity index (χ4v) is 1.90. The van der Waals surface area contributed by atoms with Crippen molar-refractivity contribution < 1.29 is 21.7 Å².